The average Bonchev–Trinajstić information content (AvgIpc) is 2.92. The lowest BCUT2D eigenvalue weighted by Gasteiger charge is -2.24. The van der Waals surface area contributed by atoms with E-state index in [0.29, 0.717) is 6.42 Å². The van der Waals surface area contributed by atoms with Crippen LogP contribution in [0, 0.1) is 0 Å². The van der Waals surface area contributed by atoms with Gasteiger partial charge in [0.05, 0.1) is 0 Å². The molecule has 0 saturated carbocycles. The van der Waals surface area contributed by atoms with Crippen LogP contribution in [0.2, 0.25) is 0 Å². The summed E-state index contributed by atoms with van der Waals surface area (Å²) in [5.41, 5.74) is 1.43. The summed E-state index contributed by atoms with van der Waals surface area (Å²) >= 11 is 0. The highest BCUT2D eigenvalue weighted by Gasteiger charge is 2.23. The van der Waals surface area contributed by atoms with Gasteiger partial charge in [-0.2, -0.15) is 0 Å². The van der Waals surface area contributed by atoms with Gasteiger partial charge in [0, 0.05) is 12.5 Å². The zero-order valence-corrected chi connectivity index (χ0v) is 12.8. The van der Waals surface area contributed by atoms with E-state index in [9.17, 15) is 4.79 Å². The van der Waals surface area contributed by atoms with E-state index in [2.05, 4.69) is 35.2 Å². The molecular formula is C18H27NO2. The number of carboxylic acid groups (broad SMARTS) is 1. The van der Waals surface area contributed by atoms with Gasteiger partial charge >= 0.3 is 5.97 Å². The Morgan fingerprint density at radius 2 is 2.00 bits per heavy atom. The third-order valence-corrected chi connectivity index (χ3v) is 4.43. The van der Waals surface area contributed by atoms with Crippen LogP contribution in [-0.2, 0) is 11.2 Å². The van der Waals surface area contributed by atoms with Gasteiger partial charge in [-0.25, -0.2) is 0 Å². The molecule has 1 aliphatic heterocycles. The standard InChI is InChI=1S/C18H27NO2/c20-18(21)13-4-5-14-19-15-7-12-17(19)11-6-10-16-8-2-1-3-9-16/h1-3,8-9,17H,4-7,10-15H2,(H,20,21). The van der Waals surface area contributed by atoms with Crippen molar-refractivity contribution in [3.63, 3.8) is 0 Å². The summed E-state index contributed by atoms with van der Waals surface area (Å²) in [6.07, 6.45) is 8.44. The number of aliphatic carboxylic acids is 1. The minimum atomic E-state index is -0.671. The number of carboxylic acids is 1. The molecule has 21 heavy (non-hydrogen) atoms. The summed E-state index contributed by atoms with van der Waals surface area (Å²) in [5, 5.41) is 8.67. The first-order valence-electron chi connectivity index (χ1n) is 8.25. The largest absolute Gasteiger partial charge is 0.481 e. The van der Waals surface area contributed by atoms with Crippen LogP contribution in [0.25, 0.3) is 0 Å². The number of hydrogen-bond donors (Lipinski definition) is 1. The van der Waals surface area contributed by atoms with E-state index in [0.717, 1.165) is 25.4 Å². The zero-order chi connectivity index (χ0) is 14.9. The van der Waals surface area contributed by atoms with Gasteiger partial charge in [0.1, 0.15) is 0 Å². The summed E-state index contributed by atoms with van der Waals surface area (Å²) < 4.78 is 0. The number of carbonyl (C=O) groups is 1. The van der Waals surface area contributed by atoms with E-state index >= 15 is 0 Å². The minimum Gasteiger partial charge on any atom is -0.481 e. The summed E-state index contributed by atoms with van der Waals surface area (Å²) in [6.45, 7) is 2.27. The number of aryl methyl sites for hydroxylation is 1. The molecule has 1 aromatic carbocycles. The fourth-order valence-electron chi connectivity index (χ4n) is 3.29. The van der Waals surface area contributed by atoms with Gasteiger partial charge in [-0.1, -0.05) is 30.3 Å². The Morgan fingerprint density at radius 1 is 1.19 bits per heavy atom. The average molecular weight is 289 g/mol. The molecule has 1 heterocycles. The summed E-state index contributed by atoms with van der Waals surface area (Å²) in [4.78, 5) is 13.1. The minimum absolute atomic E-state index is 0.312. The molecule has 0 bridgehead atoms. The molecule has 116 valence electrons. The van der Waals surface area contributed by atoms with E-state index < -0.39 is 5.97 Å². The Kier molecular flexibility index (Phi) is 6.74. The first-order valence-corrected chi connectivity index (χ1v) is 8.25. The van der Waals surface area contributed by atoms with Gasteiger partial charge in [0.2, 0.25) is 0 Å². The summed E-state index contributed by atoms with van der Waals surface area (Å²) in [6, 6.07) is 11.4. The predicted octanol–water partition coefficient (Wildman–Crippen LogP) is 3.73. The lowest BCUT2D eigenvalue weighted by atomic mass is 10.0. The van der Waals surface area contributed by atoms with Crippen LogP contribution in [0.3, 0.4) is 0 Å². The van der Waals surface area contributed by atoms with Crippen molar-refractivity contribution in [3.05, 3.63) is 35.9 Å². The maximum Gasteiger partial charge on any atom is 0.303 e. The van der Waals surface area contributed by atoms with Crippen molar-refractivity contribution >= 4 is 5.97 Å². The third-order valence-electron chi connectivity index (χ3n) is 4.43. The summed E-state index contributed by atoms with van der Waals surface area (Å²) in [7, 11) is 0. The fraction of sp³-hybridized carbons (Fsp3) is 0.611. The number of hydrogen-bond acceptors (Lipinski definition) is 2. The normalized spacial score (nSPS) is 19.0. The highest BCUT2D eigenvalue weighted by molar-refractivity contribution is 5.66. The van der Waals surface area contributed by atoms with E-state index in [1.807, 2.05) is 0 Å². The van der Waals surface area contributed by atoms with Crippen molar-refractivity contribution in [1.82, 2.24) is 4.90 Å². The topological polar surface area (TPSA) is 40.5 Å². The van der Waals surface area contributed by atoms with Crippen LogP contribution in [0.4, 0.5) is 0 Å². The van der Waals surface area contributed by atoms with Crippen LogP contribution >= 0.6 is 0 Å². The number of likely N-dealkylation sites (tertiary alicyclic amines) is 1. The van der Waals surface area contributed by atoms with Gasteiger partial charge in [0.25, 0.3) is 0 Å². The molecule has 0 radical (unpaired) electrons. The second kappa shape index (κ2) is 8.83. The fourth-order valence-corrected chi connectivity index (χ4v) is 3.29. The van der Waals surface area contributed by atoms with Crippen molar-refractivity contribution in [2.45, 2.75) is 57.4 Å². The van der Waals surface area contributed by atoms with Crippen molar-refractivity contribution in [3.8, 4) is 0 Å². The van der Waals surface area contributed by atoms with Gasteiger partial charge in [-0.05, 0) is 63.6 Å². The number of nitrogens with zero attached hydrogens (tertiary/aromatic N) is 1. The molecule has 1 atom stereocenters. The highest BCUT2D eigenvalue weighted by atomic mass is 16.4. The van der Waals surface area contributed by atoms with Crippen molar-refractivity contribution in [2.75, 3.05) is 13.1 Å². The first-order chi connectivity index (χ1) is 10.3. The predicted molar refractivity (Wildman–Crippen MR) is 85.5 cm³/mol. The molecule has 1 unspecified atom stereocenters. The zero-order valence-electron chi connectivity index (χ0n) is 12.8. The molecule has 0 amide bonds. The van der Waals surface area contributed by atoms with Crippen LogP contribution < -0.4 is 0 Å². The lowest BCUT2D eigenvalue weighted by molar-refractivity contribution is -0.137. The number of rotatable bonds is 9. The Labute approximate surface area is 128 Å². The Bertz CT molecular complexity index is 418. The van der Waals surface area contributed by atoms with Crippen molar-refractivity contribution < 1.29 is 9.90 Å². The Balaban J connectivity index is 1.63. The quantitative estimate of drug-likeness (QED) is 0.704. The number of unbranched alkanes of at least 4 members (excludes halogenated alkanes) is 1. The van der Waals surface area contributed by atoms with Gasteiger partial charge < -0.3 is 10.0 Å². The van der Waals surface area contributed by atoms with Crippen molar-refractivity contribution in [1.29, 1.82) is 0 Å². The molecule has 1 aliphatic rings. The number of benzene rings is 1. The van der Waals surface area contributed by atoms with E-state index in [-0.39, 0.29) is 0 Å². The lowest BCUT2D eigenvalue weighted by Crippen LogP contribution is -2.30. The Morgan fingerprint density at radius 3 is 2.76 bits per heavy atom. The van der Waals surface area contributed by atoms with E-state index in [1.54, 1.807) is 0 Å². The SMILES string of the molecule is O=C(O)CCCCN1CCCC1CCCc1ccccc1. The Hall–Kier alpha value is -1.35. The maximum absolute atomic E-state index is 10.5. The molecule has 1 aromatic rings. The maximum atomic E-state index is 10.5. The molecule has 3 heteroatoms. The van der Waals surface area contributed by atoms with Crippen molar-refractivity contribution in [2.24, 2.45) is 0 Å². The van der Waals surface area contributed by atoms with Crippen LogP contribution in [0.5, 0.6) is 0 Å². The molecule has 3 nitrogen and oxygen atoms in total. The second-order valence-electron chi connectivity index (χ2n) is 6.06. The van der Waals surface area contributed by atoms with Gasteiger partial charge in [-0.3, -0.25) is 4.79 Å². The van der Waals surface area contributed by atoms with Gasteiger partial charge in [0.15, 0.2) is 0 Å². The molecule has 2 rings (SSSR count). The molecule has 0 aliphatic carbocycles. The molecule has 0 spiro atoms. The monoisotopic (exact) mass is 289 g/mol. The highest BCUT2D eigenvalue weighted by Crippen LogP contribution is 2.22. The molecule has 1 saturated heterocycles. The first kappa shape index (κ1) is 16.0. The summed E-state index contributed by atoms with van der Waals surface area (Å²) in [5.74, 6) is -0.671. The second-order valence-corrected chi connectivity index (χ2v) is 6.06. The van der Waals surface area contributed by atoms with E-state index in [1.165, 1.54) is 44.2 Å². The molecule has 1 fully saturated rings. The van der Waals surface area contributed by atoms with Crippen LogP contribution in [-0.4, -0.2) is 35.1 Å². The molecular weight excluding hydrogens is 262 g/mol. The van der Waals surface area contributed by atoms with Crippen LogP contribution in [0.15, 0.2) is 30.3 Å². The smallest absolute Gasteiger partial charge is 0.303 e. The van der Waals surface area contributed by atoms with E-state index in [4.69, 9.17) is 5.11 Å². The molecule has 1 N–H and O–H groups in total. The molecule has 0 aromatic heterocycles. The third kappa shape index (κ3) is 5.88. The van der Waals surface area contributed by atoms with Crippen LogP contribution in [0.1, 0.15) is 50.5 Å². The van der Waals surface area contributed by atoms with Gasteiger partial charge in [-0.15, -0.1) is 0 Å².